The van der Waals surface area contributed by atoms with Crippen LogP contribution in [0, 0.1) is 0 Å². The molecule has 0 bridgehead atoms. The SMILES string of the molecule is CSCCCCN1C(=O)CNC1C. The fraction of sp³-hybridized carbons (Fsp3) is 0.889. The second-order valence-corrected chi connectivity index (χ2v) is 4.33. The van der Waals surface area contributed by atoms with Crippen molar-refractivity contribution in [2.45, 2.75) is 25.9 Å². The van der Waals surface area contributed by atoms with Gasteiger partial charge in [0.15, 0.2) is 0 Å². The molecule has 1 saturated heterocycles. The standard InChI is InChI=1S/C9H18N2OS/c1-8-10-7-9(12)11(8)5-3-4-6-13-2/h8,10H,3-7H2,1-2H3. The lowest BCUT2D eigenvalue weighted by molar-refractivity contribution is -0.127. The molecule has 0 aliphatic carbocycles. The van der Waals surface area contributed by atoms with Gasteiger partial charge < -0.3 is 4.90 Å². The Hall–Kier alpha value is -0.220. The lowest BCUT2D eigenvalue weighted by Gasteiger charge is -2.20. The zero-order chi connectivity index (χ0) is 9.68. The summed E-state index contributed by atoms with van der Waals surface area (Å²) in [5, 5.41) is 3.13. The highest BCUT2D eigenvalue weighted by molar-refractivity contribution is 7.98. The van der Waals surface area contributed by atoms with E-state index < -0.39 is 0 Å². The summed E-state index contributed by atoms with van der Waals surface area (Å²) >= 11 is 1.87. The first kappa shape index (κ1) is 10.9. The molecule has 0 aromatic heterocycles. The van der Waals surface area contributed by atoms with E-state index in [1.807, 2.05) is 23.6 Å². The minimum absolute atomic E-state index is 0.238. The Labute approximate surface area is 84.2 Å². The van der Waals surface area contributed by atoms with E-state index in [1.54, 1.807) is 0 Å². The lowest BCUT2D eigenvalue weighted by Crippen LogP contribution is -2.35. The summed E-state index contributed by atoms with van der Waals surface area (Å²) in [5.41, 5.74) is 0. The first-order chi connectivity index (χ1) is 6.25. The monoisotopic (exact) mass is 202 g/mol. The molecule has 4 heteroatoms. The highest BCUT2D eigenvalue weighted by Crippen LogP contribution is 2.07. The van der Waals surface area contributed by atoms with E-state index >= 15 is 0 Å². The minimum atomic E-state index is 0.238. The van der Waals surface area contributed by atoms with Crippen LogP contribution in [0.15, 0.2) is 0 Å². The molecule has 1 fully saturated rings. The molecule has 1 N–H and O–H groups in total. The third-order valence-electron chi connectivity index (χ3n) is 2.33. The maximum atomic E-state index is 11.3. The van der Waals surface area contributed by atoms with Crippen LogP contribution in [-0.4, -0.2) is 42.1 Å². The van der Waals surface area contributed by atoms with E-state index in [0.717, 1.165) is 13.0 Å². The third-order valence-corrected chi connectivity index (χ3v) is 3.03. The van der Waals surface area contributed by atoms with Crippen LogP contribution >= 0.6 is 11.8 Å². The Kier molecular flexibility index (Phi) is 4.59. The quantitative estimate of drug-likeness (QED) is 0.673. The number of hydrogen-bond acceptors (Lipinski definition) is 3. The Morgan fingerprint density at radius 1 is 1.62 bits per heavy atom. The van der Waals surface area contributed by atoms with E-state index in [9.17, 15) is 4.79 Å². The van der Waals surface area contributed by atoms with Crippen molar-refractivity contribution in [1.82, 2.24) is 10.2 Å². The molecular formula is C9H18N2OS. The molecule has 76 valence electrons. The van der Waals surface area contributed by atoms with E-state index in [-0.39, 0.29) is 12.1 Å². The van der Waals surface area contributed by atoms with Crippen LogP contribution in [-0.2, 0) is 4.79 Å². The highest BCUT2D eigenvalue weighted by Gasteiger charge is 2.25. The molecule has 0 saturated carbocycles. The van der Waals surface area contributed by atoms with E-state index in [1.165, 1.54) is 12.2 Å². The average molecular weight is 202 g/mol. The second-order valence-electron chi connectivity index (χ2n) is 3.34. The number of rotatable bonds is 5. The van der Waals surface area contributed by atoms with Gasteiger partial charge >= 0.3 is 0 Å². The number of carbonyl (C=O) groups is 1. The van der Waals surface area contributed by atoms with Crippen molar-refractivity contribution in [3.63, 3.8) is 0 Å². The lowest BCUT2D eigenvalue weighted by atomic mass is 10.3. The molecular weight excluding hydrogens is 184 g/mol. The van der Waals surface area contributed by atoms with Gasteiger partial charge in [-0.1, -0.05) is 0 Å². The van der Waals surface area contributed by atoms with Crippen LogP contribution in [0.25, 0.3) is 0 Å². The van der Waals surface area contributed by atoms with Crippen molar-refractivity contribution in [2.75, 3.05) is 25.1 Å². The number of hydrogen-bond donors (Lipinski definition) is 1. The van der Waals surface area contributed by atoms with Gasteiger partial charge in [-0.15, -0.1) is 0 Å². The van der Waals surface area contributed by atoms with Gasteiger partial charge in [0.25, 0.3) is 0 Å². The van der Waals surface area contributed by atoms with E-state index in [0.29, 0.717) is 6.54 Å². The smallest absolute Gasteiger partial charge is 0.237 e. The molecule has 1 aliphatic rings. The number of amides is 1. The number of nitrogens with zero attached hydrogens (tertiary/aromatic N) is 1. The molecule has 0 aromatic carbocycles. The molecule has 0 radical (unpaired) electrons. The van der Waals surface area contributed by atoms with Gasteiger partial charge in [-0.3, -0.25) is 10.1 Å². The van der Waals surface area contributed by atoms with Crippen molar-refractivity contribution in [1.29, 1.82) is 0 Å². The average Bonchev–Trinajstić information content (AvgIpc) is 2.42. The predicted molar refractivity (Wildman–Crippen MR) is 56.8 cm³/mol. The van der Waals surface area contributed by atoms with Gasteiger partial charge in [-0.2, -0.15) is 11.8 Å². The van der Waals surface area contributed by atoms with Crippen molar-refractivity contribution in [2.24, 2.45) is 0 Å². The van der Waals surface area contributed by atoms with Crippen LogP contribution < -0.4 is 5.32 Å². The predicted octanol–water partition coefficient (Wildman–Crippen LogP) is 0.907. The fourth-order valence-electron chi connectivity index (χ4n) is 1.51. The minimum Gasteiger partial charge on any atom is -0.326 e. The van der Waals surface area contributed by atoms with Crippen LogP contribution in [0.2, 0.25) is 0 Å². The van der Waals surface area contributed by atoms with E-state index in [4.69, 9.17) is 0 Å². The zero-order valence-electron chi connectivity index (χ0n) is 8.38. The first-order valence-electron chi connectivity index (χ1n) is 4.77. The third kappa shape index (κ3) is 3.19. The molecule has 3 nitrogen and oxygen atoms in total. The van der Waals surface area contributed by atoms with Crippen molar-refractivity contribution < 1.29 is 4.79 Å². The van der Waals surface area contributed by atoms with Crippen molar-refractivity contribution in [3.05, 3.63) is 0 Å². The zero-order valence-corrected chi connectivity index (χ0v) is 9.19. The number of thioether (sulfide) groups is 1. The van der Waals surface area contributed by atoms with Crippen molar-refractivity contribution in [3.8, 4) is 0 Å². The molecule has 0 aromatic rings. The summed E-state index contributed by atoms with van der Waals surface area (Å²) in [4.78, 5) is 13.2. The number of carbonyl (C=O) groups excluding carboxylic acids is 1. The summed E-state index contributed by atoms with van der Waals surface area (Å²) in [6.45, 7) is 3.47. The normalized spacial score (nSPS) is 22.8. The second kappa shape index (κ2) is 5.50. The summed E-state index contributed by atoms with van der Waals surface area (Å²) < 4.78 is 0. The van der Waals surface area contributed by atoms with Crippen LogP contribution in [0.4, 0.5) is 0 Å². The molecule has 1 atom stereocenters. The largest absolute Gasteiger partial charge is 0.326 e. The van der Waals surface area contributed by atoms with Crippen LogP contribution in [0.1, 0.15) is 19.8 Å². The maximum Gasteiger partial charge on any atom is 0.237 e. The van der Waals surface area contributed by atoms with Gasteiger partial charge in [0.1, 0.15) is 0 Å². The topological polar surface area (TPSA) is 32.3 Å². The molecule has 1 amide bonds. The van der Waals surface area contributed by atoms with E-state index in [2.05, 4.69) is 11.6 Å². The van der Waals surface area contributed by atoms with Gasteiger partial charge in [0.2, 0.25) is 5.91 Å². The van der Waals surface area contributed by atoms with Crippen LogP contribution in [0.3, 0.4) is 0 Å². The molecule has 1 aliphatic heterocycles. The Morgan fingerprint density at radius 2 is 2.38 bits per heavy atom. The summed E-state index contributed by atoms with van der Waals surface area (Å²) in [6, 6.07) is 0. The van der Waals surface area contributed by atoms with Crippen LogP contribution in [0.5, 0.6) is 0 Å². The molecule has 0 spiro atoms. The molecule has 13 heavy (non-hydrogen) atoms. The molecule has 1 rings (SSSR count). The molecule has 1 heterocycles. The van der Waals surface area contributed by atoms with Gasteiger partial charge in [-0.05, 0) is 31.8 Å². The first-order valence-corrected chi connectivity index (χ1v) is 6.17. The van der Waals surface area contributed by atoms with Gasteiger partial charge in [0.05, 0.1) is 12.7 Å². The summed E-state index contributed by atoms with van der Waals surface area (Å²) in [7, 11) is 0. The van der Waals surface area contributed by atoms with Gasteiger partial charge in [-0.25, -0.2) is 0 Å². The van der Waals surface area contributed by atoms with Gasteiger partial charge in [0, 0.05) is 6.54 Å². The Balaban J connectivity index is 2.16. The molecule has 1 unspecified atom stereocenters. The number of nitrogens with one attached hydrogen (secondary N) is 1. The summed E-state index contributed by atoms with van der Waals surface area (Å²) in [5.74, 6) is 1.45. The Morgan fingerprint density at radius 3 is 2.92 bits per heavy atom. The maximum absolute atomic E-state index is 11.3. The Bertz CT molecular complexity index is 175. The highest BCUT2D eigenvalue weighted by atomic mass is 32.2. The van der Waals surface area contributed by atoms with Crippen molar-refractivity contribution >= 4 is 17.7 Å². The summed E-state index contributed by atoms with van der Waals surface area (Å²) in [6.07, 6.45) is 4.68. The number of unbranched alkanes of at least 4 members (excludes halogenated alkanes) is 1. The fourth-order valence-corrected chi connectivity index (χ4v) is 2.00.